The summed E-state index contributed by atoms with van der Waals surface area (Å²) < 4.78 is 0. The van der Waals surface area contributed by atoms with Crippen LogP contribution in [0.4, 0.5) is 4.79 Å². The first-order chi connectivity index (χ1) is 4.15. The zero-order valence-corrected chi connectivity index (χ0v) is 5.29. The molecule has 0 aromatic carbocycles. The maximum Gasteiger partial charge on any atom is 0.503 e. The van der Waals surface area contributed by atoms with Gasteiger partial charge in [-0.2, -0.15) is 0 Å². The number of nitrogens with two attached hydrogens (primary N) is 1. The van der Waals surface area contributed by atoms with Crippen LogP contribution in [0.3, 0.4) is 0 Å². The highest BCUT2D eigenvalue weighted by molar-refractivity contribution is 5.53. The summed E-state index contributed by atoms with van der Waals surface area (Å²) in [5, 5.41) is 13.9. The fraction of sp³-hybridized carbons (Fsp3) is 0.750. The first kappa shape index (κ1) is 11.0. The van der Waals surface area contributed by atoms with Crippen LogP contribution in [-0.2, 0) is 0 Å². The van der Waals surface area contributed by atoms with E-state index in [1.807, 2.05) is 0 Å². The van der Waals surface area contributed by atoms with Crippen molar-refractivity contribution in [3.63, 3.8) is 0 Å². The molecule has 0 radical (unpaired) electrons. The molecular formula is C4H12N2O3. The first-order valence-corrected chi connectivity index (χ1v) is 2.50. The van der Waals surface area contributed by atoms with Crippen LogP contribution in [0, 0.1) is 0 Å². The Bertz CT molecular complexity index is 60.8. The van der Waals surface area contributed by atoms with E-state index in [4.69, 9.17) is 20.9 Å². The highest BCUT2D eigenvalue weighted by atomic mass is 16.6. The van der Waals surface area contributed by atoms with Crippen molar-refractivity contribution in [3.05, 3.63) is 0 Å². The van der Waals surface area contributed by atoms with Crippen LogP contribution >= 0.6 is 0 Å². The third-order valence-electron chi connectivity index (χ3n) is 0.394. The molecule has 5 N–H and O–H groups in total. The predicted molar refractivity (Wildman–Crippen MR) is 33.1 cm³/mol. The molecule has 9 heavy (non-hydrogen) atoms. The molecule has 0 aromatic rings. The topological polar surface area (TPSA) is 95.6 Å². The number of carboxylic acid groups (broad SMARTS) is 2. The number of rotatable bonds is 2. The lowest BCUT2D eigenvalue weighted by molar-refractivity contribution is 0.137. The summed E-state index contributed by atoms with van der Waals surface area (Å²) in [6, 6.07) is 0. The van der Waals surface area contributed by atoms with Crippen LogP contribution in [0.2, 0.25) is 0 Å². The molecule has 0 spiro atoms. The molecule has 0 fully saturated rings. The highest BCUT2D eigenvalue weighted by Gasteiger charge is 1.70. The Morgan fingerprint density at radius 3 is 2.00 bits per heavy atom. The summed E-state index contributed by atoms with van der Waals surface area (Å²) in [4.78, 5) is 8.56. The van der Waals surface area contributed by atoms with E-state index < -0.39 is 6.16 Å². The average Bonchev–Trinajstić information content (AvgIpc) is 1.66. The maximum atomic E-state index is 8.56. The van der Waals surface area contributed by atoms with Gasteiger partial charge in [0, 0.05) is 6.54 Å². The third-order valence-corrected chi connectivity index (χ3v) is 0.394. The van der Waals surface area contributed by atoms with Gasteiger partial charge < -0.3 is 10.2 Å². The van der Waals surface area contributed by atoms with Gasteiger partial charge in [-0.3, -0.25) is 11.3 Å². The second-order valence-electron chi connectivity index (χ2n) is 1.24. The highest BCUT2D eigenvalue weighted by Crippen LogP contribution is 1.61. The lowest BCUT2D eigenvalue weighted by Gasteiger charge is -1.85. The Hall–Kier alpha value is -0.810. The molecule has 5 nitrogen and oxygen atoms in total. The number of nitrogens with one attached hydrogen (secondary N) is 1. The van der Waals surface area contributed by atoms with Crippen molar-refractivity contribution in [1.82, 2.24) is 5.43 Å². The minimum atomic E-state index is -1.83. The number of hydrazine groups is 1. The Kier molecular flexibility index (Phi) is 12.6. The molecule has 0 aliphatic rings. The van der Waals surface area contributed by atoms with Crippen molar-refractivity contribution in [1.29, 1.82) is 0 Å². The van der Waals surface area contributed by atoms with E-state index >= 15 is 0 Å². The molecule has 0 aliphatic carbocycles. The Morgan fingerprint density at radius 1 is 1.67 bits per heavy atom. The van der Waals surface area contributed by atoms with E-state index in [0.717, 1.165) is 13.0 Å². The van der Waals surface area contributed by atoms with Crippen LogP contribution in [0.15, 0.2) is 0 Å². The Balaban J connectivity index is 0. The maximum absolute atomic E-state index is 8.56. The van der Waals surface area contributed by atoms with E-state index in [1.165, 1.54) is 0 Å². The SMILES string of the molecule is CCCNN.O=C(O)O. The molecule has 0 aromatic heterocycles. The van der Waals surface area contributed by atoms with Gasteiger partial charge in [0.25, 0.3) is 0 Å². The van der Waals surface area contributed by atoms with Crippen molar-refractivity contribution in [2.45, 2.75) is 13.3 Å². The molecule has 0 heterocycles. The predicted octanol–water partition coefficient (Wildman–Crippen LogP) is 0.0821. The second-order valence-corrected chi connectivity index (χ2v) is 1.24. The van der Waals surface area contributed by atoms with Crippen LogP contribution in [0.25, 0.3) is 0 Å². The van der Waals surface area contributed by atoms with Gasteiger partial charge in [-0.05, 0) is 6.42 Å². The molecule has 0 bridgehead atoms. The van der Waals surface area contributed by atoms with Gasteiger partial charge in [-0.1, -0.05) is 6.92 Å². The minimum absolute atomic E-state index is 0.917. The van der Waals surface area contributed by atoms with E-state index in [9.17, 15) is 0 Å². The smallest absolute Gasteiger partial charge is 0.450 e. The lowest BCUT2D eigenvalue weighted by Crippen LogP contribution is -2.21. The van der Waals surface area contributed by atoms with Gasteiger partial charge in [0.15, 0.2) is 0 Å². The third kappa shape index (κ3) is 137. The van der Waals surface area contributed by atoms with Gasteiger partial charge in [0.2, 0.25) is 0 Å². The van der Waals surface area contributed by atoms with E-state index in [0.29, 0.717) is 0 Å². The Morgan fingerprint density at radius 2 is 2.00 bits per heavy atom. The second kappa shape index (κ2) is 10.2. The molecule has 0 rings (SSSR count). The van der Waals surface area contributed by atoms with Crippen molar-refractivity contribution >= 4 is 6.16 Å². The van der Waals surface area contributed by atoms with E-state index in [2.05, 4.69) is 12.3 Å². The largest absolute Gasteiger partial charge is 0.503 e. The first-order valence-electron chi connectivity index (χ1n) is 2.50. The zero-order valence-electron chi connectivity index (χ0n) is 5.29. The fourth-order valence-electron chi connectivity index (χ4n) is 0.144. The van der Waals surface area contributed by atoms with Gasteiger partial charge in [0.05, 0.1) is 0 Å². The summed E-state index contributed by atoms with van der Waals surface area (Å²) in [6.45, 7) is 2.99. The van der Waals surface area contributed by atoms with Gasteiger partial charge in [0.1, 0.15) is 0 Å². The standard InChI is InChI=1S/C3H10N2.CH2O3/c1-2-3-5-4;2-1(3)4/h5H,2-4H2,1H3;(H2,2,3,4). The summed E-state index contributed by atoms with van der Waals surface area (Å²) >= 11 is 0. The van der Waals surface area contributed by atoms with Crippen molar-refractivity contribution < 1.29 is 15.0 Å². The van der Waals surface area contributed by atoms with Gasteiger partial charge in [-0.15, -0.1) is 0 Å². The number of carbonyl (C=O) groups is 1. The summed E-state index contributed by atoms with van der Waals surface area (Å²) in [5.41, 5.74) is 2.52. The summed E-state index contributed by atoms with van der Waals surface area (Å²) in [7, 11) is 0. The van der Waals surface area contributed by atoms with Crippen LogP contribution in [0.1, 0.15) is 13.3 Å². The monoisotopic (exact) mass is 136 g/mol. The molecule has 0 unspecified atom stereocenters. The molecule has 0 saturated heterocycles. The number of hydrogen-bond donors (Lipinski definition) is 4. The van der Waals surface area contributed by atoms with Gasteiger partial charge >= 0.3 is 6.16 Å². The molecule has 0 atom stereocenters. The minimum Gasteiger partial charge on any atom is -0.450 e. The number of hydrogen-bond acceptors (Lipinski definition) is 3. The normalized spacial score (nSPS) is 7.33. The van der Waals surface area contributed by atoms with E-state index in [1.54, 1.807) is 0 Å². The van der Waals surface area contributed by atoms with Crippen LogP contribution in [0.5, 0.6) is 0 Å². The van der Waals surface area contributed by atoms with Crippen molar-refractivity contribution in [2.24, 2.45) is 5.84 Å². The quantitative estimate of drug-likeness (QED) is 0.318. The molecule has 0 aliphatic heterocycles. The summed E-state index contributed by atoms with van der Waals surface area (Å²) in [6.07, 6.45) is -0.726. The molecule has 0 saturated carbocycles. The summed E-state index contributed by atoms with van der Waals surface area (Å²) in [5.74, 6) is 4.89. The van der Waals surface area contributed by atoms with Crippen LogP contribution in [-0.4, -0.2) is 22.9 Å². The molecule has 5 heteroatoms. The molecular weight excluding hydrogens is 124 g/mol. The average molecular weight is 136 g/mol. The zero-order chi connectivity index (χ0) is 7.70. The van der Waals surface area contributed by atoms with Crippen LogP contribution < -0.4 is 11.3 Å². The van der Waals surface area contributed by atoms with Crippen molar-refractivity contribution in [2.75, 3.05) is 6.54 Å². The van der Waals surface area contributed by atoms with E-state index in [-0.39, 0.29) is 0 Å². The molecule has 56 valence electrons. The van der Waals surface area contributed by atoms with Crippen molar-refractivity contribution in [3.8, 4) is 0 Å². The lowest BCUT2D eigenvalue weighted by atomic mass is 10.5. The molecule has 0 amide bonds. The fourth-order valence-corrected chi connectivity index (χ4v) is 0.144. The Labute approximate surface area is 53.4 Å². The van der Waals surface area contributed by atoms with Gasteiger partial charge in [-0.25, -0.2) is 4.79 Å².